The Bertz CT molecular complexity index is 675. The van der Waals surface area contributed by atoms with Crippen LogP contribution in [0.2, 0.25) is 0 Å². The van der Waals surface area contributed by atoms with Gasteiger partial charge in [-0.1, -0.05) is 12.1 Å². The Morgan fingerprint density at radius 2 is 2.00 bits per heavy atom. The van der Waals surface area contributed by atoms with Crippen molar-refractivity contribution >= 4 is 11.7 Å². The number of ether oxygens (including phenoxy) is 1. The van der Waals surface area contributed by atoms with Gasteiger partial charge in [-0.3, -0.25) is 9.88 Å². The molecule has 0 aliphatic carbocycles. The number of carbonyl (C=O) groups is 1. The minimum Gasteiger partial charge on any atom is -0.379 e. The average molecular weight is 344 g/mol. The van der Waals surface area contributed by atoms with Crippen molar-refractivity contribution in [2.75, 3.05) is 38.2 Å². The zero-order valence-corrected chi connectivity index (χ0v) is 13.8. The molecule has 1 aromatic heterocycles. The number of aromatic nitrogens is 1. The van der Waals surface area contributed by atoms with E-state index in [1.807, 2.05) is 0 Å². The Morgan fingerprint density at radius 1 is 1.24 bits per heavy atom. The van der Waals surface area contributed by atoms with Gasteiger partial charge in [0.1, 0.15) is 5.82 Å². The summed E-state index contributed by atoms with van der Waals surface area (Å²) in [6.45, 7) is 3.26. The van der Waals surface area contributed by atoms with E-state index in [-0.39, 0.29) is 17.9 Å². The number of halogens is 1. The lowest BCUT2D eigenvalue weighted by Crippen LogP contribution is -2.44. The van der Waals surface area contributed by atoms with Crippen molar-refractivity contribution in [1.29, 1.82) is 0 Å². The van der Waals surface area contributed by atoms with E-state index in [0.717, 1.165) is 18.7 Å². The van der Waals surface area contributed by atoms with Crippen molar-refractivity contribution in [3.05, 3.63) is 60.2 Å². The van der Waals surface area contributed by atoms with Gasteiger partial charge in [-0.2, -0.15) is 0 Å². The first-order valence-corrected chi connectivity index (χ1v) is 8.24. The predicted octanol–water partition coefficient (Wildman–Crippen LogP) is 2.42. The molecule has 1 aliphatic heterocycles. The van der Waals surface area contributed by atoms with Crippen LogP contribution < -0.4 is 10.6 Å². The van der Waals surface area contributed by atoms with Crippen LogP contribution in [0.1, 0.15) is 11.6 Å². The highest BCUT2D eigenvalue weighted by Crippen LogP contribution is 2.21. The Labute approximate surface area is 146 Å². The lowest BCUT2D eigenvalue weighted by Gasteiger charge is -2.34. The van der Waals surface area contributed by atoms with Gasteiger partial charge < -0.3 is 15.4 Å². The van der Waals surface area contributed by atoms with E-state index < -0.39 is 0 Å². The van der Waals surface area contributed by atoms with Crippen LogP contribution in [-0.2, 0) is 4.74 Å². The summed E-state index contributed by atoms with van der Waals surface area (Å²) in [6.07, 6.45) is 3.23. The predicted molar refractivity (Wildman–Crippen MR) is 92.8 cm³/mol. The fourth-order valence-electron chi connectivity index (χ4n) is 2.83. The minimum absolute atomic E-state index is 0.0378. The van der Waals surface area contributed by atoms with Crippen LogP contribution in [-0.4, -0.2) is 48.8 Å². The normalized spacial score (nSPS) is 16.2. The van der Waals surface area contributed by atoms with E-state index in [1.54, 1.807) is 36.7 Å². The van der Waals surface area contributed by atoms with Gasteiger partial charge in [0.2, 0.25) is 0 Å². The Hall–Kier alpha value is -2.51. The first-order chi connectivity index (χ1) is 12.2. The number of benzene rings is 1. The van der Waals surface area contributed by atoms with Crippen molar-refractivity contribution in [2.24, 2.45) is 0 Å². The fourth-order valence-corrected chi connectivity index (χ4v) is 2.83. The number of hydrogen-bond donors (Lipinski definition) is 2. The van der Waals surface area contributed by atoms with Crippen molar-refractivity contribution in [3.63, 3.8) is 0 Å². The zero-order chi connectivity index (χ0) is 17.5. The second kappa shape index (κ2) is 8.55. The van der Waals surface area contributed by atoms with Gasteiger partial charge in [-0.15, -0.1) is 0 Å². The molecule has 0 radical (unpaired) electrons. The number of pyridine rings is 1. The highest BCUT2D eigenvalue weighted by Gasteiger charge is 2.23. The van der Waals surface area contributed by atoms with E-state index in [1.165, 1.54) is 12.1 Å². The minimum atomic E-state index is -0.298. The number of carbonyl (C=O) groups excluding carboxylic acids is 1. The van der Waals surface area contributed by atoms with Crippen LogP contribution in [0.15, 0.2) is 48.8 Å². The number of nitrogens with one attached hydrogen (secondary N) is 2. The van der Waals surface area contributed by atoms with Gasteiger partial charge in [0.15, 0.2) is 0 Å². The van der Waals surface area contributed by atoms with E-state index >= 15 is 0 Å². The molecule has 2 N–H and O–H groups in total. The van der Waals surface area contributed by atoms with Crippen molar-refractivity contribution in [3.8, 4) is 0 Å². The third kappa shape index (κ3) is 4.98. The number of amides is 2. The summed E-state index contributed by atoms with van der Waals surface area (Å²) in [4.78, 5) is 18.3. The molecule has 2 heterocycles. The summed E-state index contributed by atoms with van der Waals surface area (Å²) in [6, 6.07) is 9.59. The molecule has 2 aromatic rings. The molecule has 132 valence electrons. The lowest BCUT2D eigenvalue weighted by atomic mass is 10.0. The third-order valence-electron chi connectivity index (χ3n) is 4.12. The molecule has 1 atom stereocenters. The molecule has 1 saturated heterocycles. The molecule has 25 heavy (non-hydrogen) atoms. The highest BCUT2D eigenvalue weighted by molar-refractivity contribution is 5.88. The summed E-state index contributed by atoms with van der Waals surface area (Å²) in [5.41, 5.74) is 1.59. The lowest BCUT2D eigenvalue weighted by molar-refractivity contribution is 0.0167. The summed E-state index contributed by atoms with van der Waals surface area (Å²) in [5.74, 6) is -0.272. The van der Waals surface area contributed by atoms with Gasteiger partial charge in [-0.05, 0) is 29.8 Å². The third-order valence-corrected chi connectivity index (χ3v) is 4.12. The highest BCUT2D eigenvalue weighted by atomic mass is 19.1. The molecule has 1 unspecified atom stereocenters. The number of urea groups is 1. The summed E-state index contributed by atoms with van der Waals surface area (Å²) >= 11 is 0. The Morgan fingerprint density at radius 3 is 2.68 bits per heavy atom. The summed E-state index contributed by atoms with van der Waals surface area (Å²) in [5, 5.41) is 5.63. The molecule has 6 nitrogen and oxygen atoms in total. The van der Waals surface area contributed by atoms with Crippen LogP contribution in [0.5, 0.6) is 0 Å². The smallest absolute Gasteiger partial charge is 0.319 e. The topological polar surface area (TPSA) is 66.5 Å². The molecule has 2 amide bonds. The monoisotopic (exact) mass is 344 g/mol. The van der Waals surface area contributed by atoms with Crippen LogP contribution in [0.3, 0.4) is 0 Å². The molecule has 1 fully saturated rings. The largest absolute Gasteiger partial charge is 0.379 e. The van der Waals surface area contributed by atoms with Gasteiger partial charge in [0.25, 0.3) is 0 Å². The molecule has 7 heteroatoms. The molecular formula is C18H21FN4O2. The maximum Gasteiger partial charge on any atom is 0.319 e. The van der Waals surface area contributed by atoms with E-state index in [2.05, 4.69) is 20.5 Å². The molecule has 0 spiro atoms. The number of nitrogens with zero attached hydrogens (tertiary/aromatic N) is 2. The summed E-state index contributed by atoms with van der Waals surface area (Å²) in [7, 11) is 0. The second-order valence-electron chi connectivity index (χ2n) is 5.79. The van der Waals surface area contributed by atoms with Crippen molar-refractivity contribution in [2.45, 2.75) is 6.04 Å². The van der Waals surface area contributed by atoms with Crippen molar-refractivity contribution < 1.29 is 13.9 Å². The van der Waals surface area contributed by atoms with E-state index in [0.29, 0.717) is 25.4 Å². The van der Waals surface area contributed by atoms with E-state index in [4.69, 9.17) is 4.74 Å². The van der Waals surface area contributed by atoms with Crippen molar-refractivity contribution in [1.82, 2.24) is 15.2 Å². The van der Waals surface area contributed by atoms with Crippen LogP contribution >= 0.6 is 0 Å². The SMILES string of the molecule is O=C(NCC(c1ccc(F)cc1)N1CCOCC1)Nc1cccnc1. The Balaban J connectivity index is 1.64. The number of morpholine rings is 1. The van der Waals surface area contributed by atoms with Gasteiger partial charge >= 0.3 is 6.03 Å². The second-order valence-corrected chi connectivity index (χ2v) is 5.79. The first-order valence-electron chi connectivity index (χ1n) is 8.24. The standard InChI is InChI=1S/C18H21FN4O2/c19-15-5-3-14(4-6-15)17(23-8-10-25-11-9-23)13-21-18(24)22-16-2-1-7-20-12-16/h1-7,12,17H,8-11,13H2,(H2,21,22,24). The quantitative estimate of drug-likeness (QED) is 0.874. The number of rotatable bonds is 5. The van der Waals surface area contributed by atoms with Crippen LogP contribution in [0.4, 0.5) is 14.9 Å². The van der Waals surface area contributed by atoms with Gasteiger partial charge in [0.05, 0.1) is 31.1 Å². The van der Waals surface area contributed by atoms with E-state index in [9.17, 15) is 9.18 Å². The number of anilines is 1. The Kier molecular flexibility index (Phi) is 5.92. The first kappa shape index (κ1) is 17.3. The van der Waals surface area contributed by atoms with Gasteiger partial charge in [-0.25, -0.2) is 9.18 Å². The molecule has 3 rings (SSSR count). The van der Waals surface area contributed by atoms with Gasteiger partial charge in [0, 0.05) is 25.8 Å². The van der Waals surface area contributed by atoms with Crippen LogP contribution in [0, 0.1) is 5.82 Å². The molecular weight excluding hydrogens is 323 g/mol. The van der Waals surface area contributed by atoms with Crippen LogP contribution in [0.25, 0.3) is 0 Å². The maximum atomic E-state index is 13.2. The average Bonchev–Trinajstić information content (AvgIpc) is 2.65. The fraction of sp³-hybridized carbons (Fsp3) is 0.333. The zero-order valence-electron chi connectivity index (χ0n) is 13.8. The molecule has 0 bridgehead atoms. The molecule has 0 saturated carbocycles. The number of hydrogen-bond acceptors (Lipinski definition) is 4. The maximum absolute atomic E-state index is 13.2. The molecule has 1 aliphatic rings. The summed E-state index contributed by atoms with van der Waals surface area (Å²) < 4.78 is 18.6. The molecule has 1 aromatic carbocycles.